The van der Waals surface area contributed by atoms with Gasteiger partial charge in [-0.05, 0) is 44.9 Å². The van der Waals surface area contributed by atoms with Gasteiger partial charge in [0.25, 0.3) is 0 Å². The molecular formula is C18H21N3O3. The van der Waals surface area contributed by atoms with E-state index in [1.54, 1.807) is 0 Å². The third kappa shape index (κ3) is 2.91. The van der Waals surface area contributed by atoms with Crippen molar-refractivity contribution in [2.75, 3.05) is 5.32 Å². The lowest BCUT2D eigenvalue weighted by atomic mass is 9.97. The van der Waals surface area contributed by atoms with E-state index in [1.807, 2.05) is 45.9 Å². The number of hydrogen-bond donors (Lipinski definition) is 2. The highest BCUT2D eigenvalue weighted by Gasteiger charge is 2.25. The van der Waals surface area contributed by atoms with Crippen LogP contribution in [0.25, 0.3) is 0 Å². The predicted octanol–water partition coefficient (Wildman–Crippen LogP) is 2.77. The highest BCUT2D eigenvalue weighted by atomic mass is 16.5. The summed E-state index contributed by atoms with van der Waals surface area (Å²) in [7, 11) is 0. The molecule has 3 rings (SSSR count). The van der Waals surface area contributed by atoms with Crippen LogP contribution < -0.4 is 10.6 Å². The van der Waals surface area contributed by atoms with E-state index in [1.165, 1.54) is 0 Å². The Balaban J connectivity index is 1.73. The van der Waals surface area contributed by atoms with Gasteiger partial charge < -0.3 is 15.2 Å². The molecule has 2 heterocycles. The first-order chi connectivity index (χ1) is 11.4. The molecule has 6 nitrogen and oxygen atoms in total. The molecule has 0 spiro atoms. The lowest BCUT2D eigenvalue weighted by molar-refractivity contribution is -0.123. The van der Waals surface area contributed by atoms with Gasteiger partial charge in [-0.2, -0.15) is 0 Å². The van der Waals surface area contributed by atoms with Crippen LogP contribution in [0.5, 0.6) is 0 Å². The zero-order valence-corrected chi connectivity index (χ0v) is 14.3. The van der Waals surface area contributed by atoms with Gasteiger partial charge in [0.1, 0.15) is 5.76 Å². The van der Waals surface area contributed by atoms with Crippen LogP contribution in [0.15, 0.2) is 22.7 Å². The normalized spacial score (nSPS) is 15.6. The maximum absolute atomic E-state index is 12.6. The number of anilines is 1. The number of aryl methyl sites for hydroxylation is 2. The van der Waals surface area contributed by atoms with Crippen LogP contribution in [0.3, 0.4) is 0 Å². The first kappa shape index (κ1) is 16.2. The minimum absolute atomic E-state index is 0.00543. The molecule has 0 aliphatic carbocycles. The van der Waals surface area contributed by atoms with E-state index in [-0.39, 0.29) is 23.8 Å². The Bertz CT molecular complexity index is 790. The summed E-state index contributed by atoms with van der Waals surface area (Å²) in [6, 6.07) is 5.63. The summed E-state index contributed by atoms with van der Waals surface area (Å²) in [4.78, 5) is 24.0. The monoisotopic (exact) mass is 327 g/mol. The van der Waals surface area contributed by atoms with E-state index < -0.39 is 0 Å². The van der Waals surface area contributed by atoms with Crippen molar-refractivity contribution in [3.05, 3.63) is 46.3 Å². The van der Waals surface area contributed by atoms with Crippen molar-refractivity contribution in [3.8, 4) is 0 Å². The van der Waals surface area contributed by atoms with Gasteiger partial charge in [0.2, 0.25) is 11.8 Å². The highest BCUT2D eigenvalue weighted by molar-refractivity contribution is 5.99. The Kier molecular flexibility index (Phi) is 4.13. The molecule has 0 saturated carbocycles. The predicted molar refractivity (Wildman–Crippen MR) is 89.7 cm³/mol. The van der Waals surface area contributed by atoms with Crippen LogP contribution in [-0.4, -0.2) is 17.0 Å². The van der Waals surface area contributed by atoms with Crippen LogP contribution in [0.2, 0.25) is 0 Å². The highest BCUT2D eigenvalue weighted by Crippen LogP contribution is 2.28. The second-order valence-corrected chi connectivity index (χ2v) is 6.33. The number of aromatic nitrogens is 1. The van der Waals surface area contributed by atoms with E-state index in [4.69, 9.17) is 4.52 Å². The molecule has 0 bridgehead atoms. The van der Waals surface area contributed by atoms with Crippen molar-refractivity contribution < 1.29 is 14.1 Å². The summed E-state index contributed by atoms with van der Waals surface area (Å²) in [6.07, 6.45) is 0.388. The Morgan fingerprint density at radius 1 is 1.33 bits per heavy atom. The van der Waals surface area contributed by atoms with Gasteiger partial charge >= 0.3 is 0 Å². The summed E-state index contributed by atoms with van der Waals surface area (Å²) in [5, 5.41) is 9.75. The fourth-order valence-electron chi connectivity index (χ4n) is 3.18. The van der Waals surface area contributed by atoms with Gasteiger partial charge in [-0.1, -0.05) is 17.3 Å². The maximum Gasteiger partial charge on any atom is 0.228 e. The van der Waals surface area contributed by atoms with Crippen molar-refractivity contribution in [2.45, 2.75) is 46.1 Å². The third-order valence-corrected chi connectivity index (χ3v) is 4.53. The molecule has 1 aromatic heterocycles. The molecular weight excluding hydrogens is 306 g/mol. The van der Waals surface area contributed by atoms with Crippen molar-refractivity contribution in [1.82, 2.24) is 10.5 Å². The van der Waals surface area contributed by atoms with Gasteiger partial charge in [0, 0.05) is 11.3 Å². The second kappa shape index (κ2) is 6.11. The number of carbonyl (C=O) groups excluding carboxylic acids is 2. The molecule has 2 amide bonds. The van der Waals surface area contributed by atoms with Gasteiger partial charge in [-0.25, -0.2) is 0 Å². The molecule has 0 fully saturated rings. The lowest BCUT2D eigenvalue weighted by Crippen LogP contribution is -2.31. The number of nitrogens with one attached hydrogen (secondary N) is 2. The van der Waals surface area contributed by atoms with Crippen LogP contribution >= 0.6 is 0 Å². The van der Waals surface area contributed by atoms with E-state index in [9.17, 15) is 9.59 Å². The first-order valence-electron chi connectivity index (χ1n) is 8.02. The summed E-state index contributed by atoms with van der Waals surface area (Å²) in [6.45, 7) is 7.43. The first-order valence-corrected chi connectivity index (χ1v) is 8.02. The number of nitrogens with zero attached hydrogens (tertiary/aromatic N) is 1. The van der Waals surface area contributed by atoms with Crippen molar-refractivity contribution in [2.24, 2.45) is 0 Å². The van der Waals surface area contributed by atoms with Crippen LogP contribution in [0.4, 0.5) is 5.69 Å². The fraction of sp³-hybridized carbons (Fsp3) is 0.389. The van der Waals surface area contributed by atoms with Crippen molar-refractivity contribution >= 4 is 17.5 Å². The second-order valence-electron chi connectivity index (χ2n) is 6.33. The number of rotatable bonds is 4. The maximum atomic E-state index is 12.6. The van der Waals surface area contributed by atoms with Crippen molar-refractivity contribution in [3.63, 3.8) is 0 Å². The van der Waals surface area contributed by atoms with E-state index in [2.05, 4.69) is 15.8 Å². The van der Waals surface area contributed by atoms with E-state index in [0.717, 1.165) is 28.1 Å². The summed E-state index contributed by atoms with van der Waals surface area (Å²) >= 11 is 0. The molecule has 2 atom stereocenters. The molecule has 2 N–H and O–H groups in total. The number of benzene rings is 1. The molecule has 2 aromatic rings. The average molecular weight is 327 g/mol. The number of fused-ring (bicyclic) bond motifs is 1. The van der Waals surface area contributed by atoms with E-state index >= 15 is 0 Å². The van der Waals surface area contributed by atoms with Crippen LogP contribution in [0, 0.1) is 13.8 Å². The largest absolute Gasteiger partial charge is 0.361 e. The Hall–Kier alpha value is -2.63. The van der Waals surface area contributed by atoms with Gasteiger partial charge in [0.15, 0.2) is 0 Å². The van der Waals surface area contributed by atoms with Gasteiger partial charge in [0.05, 0.1) is 24.1 Å². The Morgan fingerprint density at radius 3 is 2.75 bits per heavy atom. The van der Waals surface area contributed by atoms with E-state index in [0.29, 0.717) is 12.2 Å². The summed E-state index contributed by atoms with van der Waals surface area (Å²) in [5.74, 6) is 0.263. The smallest absolute Gasteiger partial charge is 0.228 e. The SMILES string of the molecule is Cc1noc(C)c1[C@@H](C)C(=O)N[C@H](C)c1ccc2c(c1)CC(=O)N2. The third-order valence-electron chi connectivity index (χ3n) is 4.53. The quantitative estimate of drug-likeness (QED) is 0.904. The summed E-state index contributed by atoms with van der Waals surface area (Å²) < 4.78 is 5.15. The number of amides is 2. The fourth-order valence-corrected chi connectivity index (χ4v) is 3.18. The van der Waals surface area contributed by atoms with Gasteiger partial charge in [-0.15, -0.1) is 0 Å². The standard InChI is InChI=1S/C18H21N3O3/c1-9(17-11(3)21-24-12(17)4)18(23)19-10(2)13-5-6-15-14(7-13)8-16(22)20-15/h5-7,9-10H,8H2,1-4H3,(H,19,23)(H,20,22)/t9-,10-/m1/s1. The number of carbonyl (C=O) groups is 2. The molecule has 6 heteroatoms. The van der Waals surface area contributed by atoms with Crippen LogP contribution in [0.1, 0.15) is 54.0 Å². The molecule has 1 aliphatic heterocycles. The number of hydrogen-bond acceptors (Lipinski definition) is 4. The molecule has 1 aromatic carbocycles. The minimum Gasteiger partial charge on any atom is -0.361 e. The Labute approximate surface area is 140 Å². The lowest BCUT2D eigenvalue weighted by Gasteiger charge is -2.18. The zero-order valence-electron chi connectivity index (χ0n) is 14.3. The summed E-state index contributed by atoms with van der Waals surface area (Å²) in [5.41, 5.74) is 4.38. The van der Waals surface area contributed by atoms with Gasteiger partial charge in [-0.3, -0.25) is 9.59 Å². The molecule has 0 saturated heterocycles. The van der Waals surface area contributed by atoms with Crippen LogP contribution in [-0.2, 0) is 16.0 Å². The van der Waals surface area contributed by atoms with Crippen molar-refractivity contribution in [1.29, 1.82) is 0 Å². The average Bonchev–Trinajstić information content (AvgIpc) is 3.06. The molecule has 24 heavy (non-hydrogen) atoms. The Morgan fingerprint density at radius 2 is 2.08 bits per heavy atom. The zero-order chi connectivity index (χ0) is 17.4. The molecule has 0 unspecified atom stereocenters. The molecule has 1 aliphatic rings. The minimum atomic E-state index is -0.337. The molecule has 0 radical (unpaired) electrons. The molecule has 126 valence electrons. The topological polar surface area (TPSA) is 84.2 Å².